The van der Waals surface area contributed by atoms with Crippen molar-refractivity contribution in [3.63, 3.8) is 0 Å². The average Bonchev–Trinajstić information content (AvgIpc) is 2.17. The fraction of sp³-hybridized carbons (Fsp3) is 0.727. The molecule has 1 aliphatic heterocycles. The molecular weight excluding hydrogens is 196 g/mol. The summed E-state index contributed by atoms with van der Waals surface area (Å²) in [5.41, 5.74) is 0.0400. The molecule has 0 N–H and O–H groups in total. The Morgan fingerprint density at radius 1 is 1.60 bits per heavy atom. The van der Waals surface area contributed by atoms with Crippen LogP contribution in [0.4, 0.5) is 0 Å². The molecule has 1 atom stereocenters. The molecule has 86 valence electrons. The average molecular weight is 214 g/mol. The van der Waals surface area contributed by atoms with Gasteiger partial charge in [0.2, 0.25) is 0 Å². The minimum absolute atomic E-state index is 0.286. The van der Waals surface area contributed by atoms with Crippen LogP contribution in [0.5, 0.6) is 0 Å². The number of hydrogen-bond donors (Lipinski definition) is 0. The monoisotopic (exact) mass is 214 g/mol. The summed E-state index contributed by atoms with van der Waals surface area (Å²) in [5.74, 6) is -0.411. The lowest BCUT2D eigenvalue weighted by atomic mass is 9.96. The minimum Gasteiger partial charge on any atom is -0.463 e. The predicted molar refractivity (Wildman–Crippen MR) is 55.0 cm³/mol. The first-order valence-corrected chi connectivity index (χ1v) is 5.16. The molecule has 1 unspecified atom stereocenters. The molecule has 1 rings (SSSR count). The Bertz CT molecular complexity index is 247. The van der Waals surface area contributed by atoms with Gasteiger partial charge in [0.1, 0.15) is 6.10 Å². The summed E-state index contributed by atoms with van der Waals surface area (Å²) in [6.07, 6.45) is 1.18. The Kier molecular flexibility index (Phi) is 3.88. The van der Waals surface area contributed by atoms with Gasteiger partial charge in [-0.15, -0.1) is 0 Å². The van der Waals surface area contributed by atoms with Crippen molar-refractivity contribution in [1.29, 1.82) is 0 Å². The highest BCUT2D eigenvalue weighted by molar-refractivity contribution is 5.88. The van der Waals surface area contributed by atoms with Gasteiger partial charge in [0.05, 0.1) is 17.8 Å². The third-order valence-corrected chi connectivity index (χ3v) is 2.32. The fourth-order valence-electron chi connectivity index (χ4n) is 1.34. The van der Waals surface area contributed by atoms with E-state index in [9.17, 15) is 4.79 Å². The van der Waals surface area contributed by atoms with E-state index < -0.39 is 5.97 Å². The highest BCUT2D eigenvalue weighted by Crippen LogP contribution is 2.28. The molecule has 0 spiro atoms. The molecule has 0 radical (unpaired) electrons. The van der Waals surface area contributed by atoms with Crippen molar-refractivity contribution in [2.75, 3.05) is 6.61 Å². The Labute approximate surface area is 90.1 Å². The van der Waals surface area contributed by atoms with E-state index in [0.29, 0.717) is 12.2 Å². The Morgan fingerprint density at radius 3 is 2.73 bits per heavy atom. The third kappa shape index (κ3) is 3.32. The number of rotatable bonds is 3. The zero-order valence-electron chi connectivity index (χ0n) is 9.54. The van der Waals surface area contributed by atoms with Gasteiger partial charge in [-0.05, 0) is 33.6 Å². The van der Waals surface area contributed by atoms with Gasteiger partial charge in [-0.1, -0.05) is 6.58 Å². The van der Waals surface area contributed by atoms with Gasteiger partial charge < -0.3 is 4.74 Å². The largest absolute Gasteiger partial charge is 0.463 e. The van der Waals surface area contributed by atoms with Crippen LogP contribution in [-0.2, 0) is 19.3 Å². The van der Waals surface area contributed by atoms with Crippen LogP contribution in [0.25, 0.3) is 0 Å². The Morgan fingerprint density at radius 2 is 2.27 bits per heavy atom. The van der Waals surface area contributed by atoms with Crippen molar-refractivity contribution in [1.82, 2.24) is 0 Å². The summed E-state index contributed by atoms with van der Waals surface area (Å²) in [6, 6.07) is 0. The second-order valence-corrected chi connectivity index (χ2v) is 4.21. The summed E-state index contributed by atoms with van der Waals surface area (Å²) in [6.45, 7) is 9.65. The van der Waals surface area contributed by atoms with Crippen LogP contribution in [0.15, 0.2) is 12.2 Å². The molecule has 15 heavy (non-hydrogen) atoms. The van der Waals surface area contributed by atoms with E-state index in [4.69, 9.17) is 14.5 Å². The van der Waals surface area contributed by atoms with E-state index in [1.165, 1.54) is 0 Å². The SMILES string of the molecule is C=C(C(=O)OCC)C1CCC(C)(C)OO1. The van der Waals surface area contributed by atoms with Crippen molar-refractivity contribution in [3.05, 3.63) is 12.2 Å². The van der Waals surface area contributed by atoms with E-state index in [0.717, 1.165) is 12.8 Å². The highest BCUT2D eigenvalue weighted by Gasteiger charge is 2.33. The first-order valence-electron chi connectivity index (χ1n) is 5.16. The second kappa shape index (κ2) is 4.77. The number of ether oxygens (including phenoxy) is 1. The lowest BCUT2D eigenvalue weighted by Gasteiger charge is -2.33. The van der Waals surface area contributed by atoms with Crippen molar-refractivity contribution in [3.8, 4) is 0 Å². The zero-order chi connectivity index (χ0) is 11.5. The third-order valence-electron chi connectivity index (χ3n) is 2.32. The number of esters is 1. The molecule has 0 bridgehead atoms. The van der Waals surface area contributed by atoms with Gasteiger partial charge in [-0.2, -0.15) is 0 Å². The number of carbonyl (C=O) groups is 1. The molecule has 1 fully saturated rings. The second-order valence-electron chi connectivity index (χ2n) is 4.21. The van der Waals surface area contributed by atoms with E-state index in [1.54, 1.807) is 6.92 Å². The first kappa shape index (κ1) is 12.2. The molecule has 0 aromatic carbocycles. The quantitative estimate of drug-likeness (QED) is 0.409. The van der Waals surface area contributed by atoms with Gasteiger partial charge >= 0.3 is 5.97 Å². The topological polar surface area (TPSA) is 44.8 Å². The van der Waals surface area contributed by atoms with Gasteiger partial charge in [0, 0.05) is 0 Å². The van der Waals surface area contributed by atoms with Crippen molar-refractivity contribution in [2.45, 2.75) is 45.3 Å². The van der Waals surface area contributed by atoms with Crippen LogP contribution in [-0.4, -0.2) is 24.3 Å². The number of hydrogen-bond acceptors (Lipinski definition) is 4. The van der Waals surface area contributed by atoms with E-state index in [-0.39, 0.29) is 11.7 Å². The summed E-state index contributed by atoms with van der Waals surface area (Å²) in [5, 5.41) is 0. The van der Waals surface area contributed by atoms with Crippen molar-refractivity contribution >= 4 is 5.97 Å². The minimum atomic E-state index is -0.411. The van der Waals surface area contributed by atoms with E-state index in [2.05, 4.69) is 6.58 Å². The fourth-order valence-corrected chi connectivity index (χ4v) is 1.34. The maximum Gasteiger partial charge on any atom is 0.336 e. The molecular formula is C11H18O4. The standard InChI is InChI=1S/C11H18O4/c1-5-13-10(12)8(2)9-6-7-11(3,4)15-14-9/h9H,2,5-7H2,1,3-4H3. The van der Waals surface area contributed by atoms with Crippen LogP contribution in [0.3, 0.4) is 0 Å². The van der Waals surface area contributed by atoms with Crippen LogP contribution >= 0.6 is 0 Å². The summed E-state index contributed by atoms with van der Waals surface area (Å²) in [4.78, 5) is 21.6. The van der Waals surface area contributed by atoms with Crippen LogP contribution in [0.2, 0.25) is 0 Å². The molecule has 0 amide bonds. The van der Waals surface area contributed by atoms with Crippen molar-refractivity contribution in [2.24, 2.45) is 0 Å². The maximum absolute atomic E-state index is 11.3. The Hall–Kier alpha value is -0.870. The lowest BCUT2D eigenvalue weighted by Crippen LogP contribution is -2.36. The number of carbonyl (C=O) groups excluding carboxylic acids is 1. The predicted octanol–water partition coefficient (Wildman–Crippen LogP) is 1.99. The van der Waals surface area contributed by atoms with Gasteiger partial charge in [0.15, 0.2) is 0 Å². The molecule has 4 heteroatoms. The highest BCUT2D eigenvalue weighted by atomic mass is 17.2. The Balaban J connectivity index is 2.46. The van der Waals surface area contributed by atoms with Gasteiger partial charge in [-0.3, -0.25) is 0 Å². The summed E-state index contributed by atoms with van der Waals surface area (Å²) >= 11 is 0. The van der Waals surface area contributed by atoms with Crippen LogP contribution in [0.1, 0.15) is 33.6 Å². The van der Waals surface area contributed by atoms with Crippen molar-refractivity contribution < 1.29 is 19.3 Å². The van der Waals surface area contributed by atoms with Crippen LogP contribution < -0.4 is 0 Å². The molecule has 0 aromatic rings. The lowest BCUT2D eigenvalue weighted by molar-refractivity contribution is -0.393. The molecule has 0 aromatic heterocycles. The molecule has 4 nitrogen and oxygen atoms in total. The first-order chi connectivity index (χ1) is 6.96. The maximum atomic E-state index is 11.3. The van der Waals surface area contributed by atoms with E-state index in [1.807, 2.05) is 13.8 Å². The molecule has 0 aliphatic carbocycles. The summed E-state index contributed by atoms with van der Waals surface area (Å²) < 4.78 is 4.83. The van der Waals surface area contributed by atoms with Gasteiger partial charge in [0.25, 0.3) is 0 Å². The summed E-state index contributed by atoms with van der Waals surface area (Å²) in [7, 11) is 0. The molecule has 0 saturated carbocycles. The zero-order valence-corrected chi connectivity index (χ0v) is 9.54. The van der Waals surface area contributed by atoms with Crippen LogP contribution in [0, 0.1) is 0 Å². The molecule has 1 aliphatic rings. The molecule has 1 heterocycles. The normalized spacial score (nSPS) is 24.6. The van der Waals surface area contributed by atoms with Gasteiger partial charge in [-0.25, -0.2) is 14.6 Å². The van der Waals surface area contributed by atoms with E-state index >= 15 is 0 Å². The smallest absolute Gasteiger partial charge is 0.336 e. The molecule has 1 saturated heterocycles.